The van der Waals surface area contributed by atoms with E-state index >= 15 is 0 Å². The number of halogens is 4. The SMILES string of the molecule is CCN1C(=O)[C@@H](NC(=O)c2nccc(C(F)(F)F)n2)[C@H](c2cccc(CN)c2)c2cnn(-c3ccccc3)c21.Cl. The smallest absolute Gasteiger partial charge is 0.337 e. The maximum atomic E-state index is 14.0. The highest BCUT2D eigenvalue weighted by Gasteiger charge is 2.44. The molecule has 0 unspecified atom stereocenters. The van der Waals surface area contributed by atoms with E-state index in [0.29, 0.717) is 23.0 Å². The molecule has 2 atom stereocenters. The summed E-state index contributed by atoms with van der Waals surface area (Å²) in [5.41, 5.74) is 7.49. The molecule has 0 saturated carbocycles. The molecule has 9 nitrogen and oxygen atoms in total. The number of nitrogens with one attached hydrogen (secondary N) is 1. The second-order valence-corrected chi connectivity index (χ2v) is 8.89. The quantitative estimate of drug-likeness (QED) is 0.363. The minimum absolute atomic E-state index is 0. The van der Waals surface area contributed by atoms with Crippen molar-refractivity contribution in [3.05, 3.63) is 101 Å². The van der Waals surface area contributed by atoms with Crippen molar-refractivity contribution in [1.82, 2.24) is 25.1 Å². The molecule has 40 heavy (non-hydrogen) atoms. The standard InChI is InChI=1S/C27H24F3N7O2.ClH/c1-2-36-25-19(15-33-37(25)18-9-4-3-5-10-18)21(17-8-6-7-16(13-17)14-31)22(26(36)39)35-24(38)23-32-12-11-20(34-23)27(28,29)30;/h3-13,15,21-22H,2,14,31H2,1H3,(H,35,38);1H/t21-,22+;/m1./s1. The van der Waals surface area contributed by atoms with E-state index in [-0.39, 0.29) is 25.5 Å². The zero-order valence-corrected chi connectivity index (χ0v) is 22.0. The summed E-state index contributed by atoms with van der Waals surface area (Å²) in [5, 5.41) is 7.18. The highest BCUT2D eigenvalue weighted by molar-refractivity contribution is 6.04. The van der Waals surface area contributed by atoms with Gasteiger partial charge in [-0.1, -0.05) is 42.5 Å². The van der Waals surface area contributed by atoms with Crippen molar-refractivity contribution in [3.8, 4) is 5.69 Å². The van der Waals surface area contributed by atoms with Gasteiger partial charge in [-0.15, -0.1) is 12.4 Å². The minimum atomic E-state index is -4.76. The number of hydrogen-bond donors (Lipinski definition) is 2. The molecule has 13 heteroatoms. The number of carbonyl (C=O) groups excluding carboxylic acids is 2. The average Bonchev–Trinajstić information content (AvgIpc) is 3.38. The molecule has 0 saturated heterocycles. The first-order chi connectivity index (χ1) is 18.7. The van der Waals surface area contributed by atoms with Crippen LogP contribution >= 0.6 is 12.4 Å². The van der Waals surface area contributed by atoms with Gasteiger partial charge in [0.25, 0.3) is 11.8 Å². The van der Waals surface area contributed by atoms with Gasteiger partial charge in [0.05, 0.1) is 11.9 Å². The third-order valence-corrected chi connectivity index (χ3v) is 6.53. The monoisotopic (exact) mass is 571 g/mol. The predicted molar refractivity (Wildman–Crippen MR) is 143 cm³/mol. The number of alkyl halides is 3. The molecule has 208 valence electrons. The Morgan fingerprint density at radius 2 is 1.85 bits per heavy atom. The molecular weight excluding hydrogens is 547 g/mol. The first-order valence-electron chi connectivity index (χ1n) is 12.2. The molecule has 5 rings (SSSR count). The Kier molecular flexibility index (Phi) is 8.21. The van der Waals surface area contributed by atoms with Crippen LogP contribution in [0.4, 0.5) is 19.0 Å². The molecule has 0 fully saturated rings. The van der Waals surface area contributed by atoms with Gasteiger partial charge >= 0.3 is 6.18 Å². The molecule has 0 aliphatic carbocycles. The van der Waals surface area contributed by atoms with Gasteiger partial charge in [-0.3, -0.25) is 14.5 Å². The molecule has 0 spiro atoms. The Morgan fingerprint density at radius 3 is 2.52 bits per heavy atom. The third kappa shape index (κ3) is 5.27. The Morgan fingerprint density at radius 1 is 1.10 bits per heavy atom. The summed E-state index contributed by atoms with van der Waals surface area (Å²) in [4.78, 5) is 35.7. The lowest BCUT2D eigenvalue weighted by atomic mass is 9.82. The number of amides is 2. The van der Waals surface area contributed by atoms with E-state index in [2.05, 4.69) is 20.4 Å². The molecule has 1 aliphatic heterocycles. The maximum absolute atomic E-state index is 14.0. The molecule has 1 aliphatic rings. The van der Waals surface area contributed by atoms with Gasteiger partial charge in [0, 0.05) is 30.8 Å². The fourth-order valence-electron chi connectivity index (χ4n) is 4.76. The summed E-state index contributed by atoms with van der Waals surface area (Å²) in [7, 11) is 0. The van der Waals surface area contributed by atoms with E-state index in [4.69, 9.17) is 5.73 Å². The predicted octanol–water partition coefficient (Wildman–Crippen LogP) is 3.86. The molecule has 2 aromatic carbocycles. The number of hydrogen-bond acceptors (Lipinski definition) is 6. The second-order valence-electron chi connectivity index (χ2n) is 8.89. The minimum Gasteiger partial charge on any atom is -0.337 e. The highest BCUT2D eigenvalue weighted by atomic mass is 35.5. The fourth-order valence-corrected chi connectivity index (χ4v) is 4.76. The van der Waals surface area contributed by atoms with Gasteiger partial charge < -0.3 is 11.1 Å². The Labute approximate surface area is 233 Å². The second kappa shape index (κ2) is 11.4. The number of nitrogens with two attached hydrogens (primary N) is 1. The number of rotatable bonds is 6. The number of fused-ring (bicyclic) bond motifs is 1. The van der Waals surface area contributed by atoms with Crippen molar-refractivity contribution >= 4 is 30.0 Å². The average molecular weight is 572 g/mol. The van der Waals surface area contributed by atoms with Gasteiger partial charge in [0.1, 0.15) is 17.6 Å². The largest absolute Gasteiger partial charge is 0.433 e. The van der Waals surface area contributed by atoms with Crippen molar-refractivity contribution in [2.75, 3.05) is 11.4 Å². The number of anilines is 1. The van der Waals surface area contributed by atoms with Crippen molar-refractivity contribution in [2.45, 2.75) is 31.6 Å². The van der Waals surface area contributed by atoms with Gasteiger partial charge in [0.15, 0.2) is 0 Å². The number of nitrogens with zero attached hydrogens (tertiary/aromatic N) is 5. The van der Waals surface area contributed by atoms with E-state index < -0.39 is 41.5 Å². The molecule has 3 N–H and O–H groups in total. The first kappa shape index (κ1) is 28.7. The summed E-state index contributed by atoms with van der Waals surface area (Å²) in [6, 6.07) is 16.1. The molecule has 0 radical (unpaired) electrons. The third-order valence-electron chi connectivity index (χ3n) is 6.53. The van der Waals surface area contributed by atoms with E-state index in [1.807, 2.05) is 48.5 Å². The van der Waals surface area contributed by atoms with Crippen LogP contribution in [0.2, 0.25) is 0 Å². The molecule has 4 aromatic rings. The Hall–Kier alpha value is -4.29. The lowest BCUT2D eigenvalue weighted by molar-refractivity contribution is -0.141. The van der Waals surface area contributed by atoms with E-state index in [1.165, 1.54) is 4.90 Å². The van der Waals surface area contributed by atoms with Crippen LogP contribution in [-0.2, 0) is 17.5 Å². The number of likely N-dealkylation sites (N-methyl/N-ethyl adjacent to an activating group) is 1. The number of carbonyl (C=O) groups is 2. The van der Waals surface area contributed by atoms with Crippen LogP contribution in [0.1, 0.15) is 45.8 Å². The summed E-state index contributed by atoms with van der Waals surface area (Å²) < 4.78 is 41.3. The van der Waals surface area contributed by atoms with Crippen LogP contribution in [-0.4, -0.2) is 44.1 Å². The highest BCUT2D eigenvalue weighted by Crippen LogP contribution is 2.41. The fraction of sp³-hybridized carbons (Fsp3) is 0.222. The number of para-hydroxylation sites is 1. The van der Waals surface area contributed by atoms with Crippen molar-refractivity contribution in [2.24, 2.45) is 5.73 Å². The van der Waals surface area contributed by atoms with Crippen LogP contribution in [0, 0.1) is 0 Å². The Bertz CT molecular complexity index is 1530. The zero-order valence-electron chi connectivity index (χ0n) is 21.2. The van der Waals surface area contributed by atoms with Crippen molar-refractivity contribution in [1.29, 1.82) is 0 Å². The zero-order chi connectivity index (χ0) is 27.7. The van der Waals surface area contributed by atoms with Crippen LogP contribution in [0.25, 0.3) is 5.69 Å². The van der Waals surface area contributed by atoms with E-state index in [1.54, 1.807) is 23.9 Å². The van der Waals surface area contributed by atoms with E-state index in [9.17, 15) is 22.8 Å². The number of aromatic nitrogens is 4. The molecule has 3 heterocycles. The summed E-state index contributed by atoms with van der Waals surface area (Å²) >= 11 is 0. The van der Waals surface area contributed by atoms with E-state index in [0.717, 1.165) is 17.4 Å². The topological polar surface area (TPSA) is 119 Å². The summed E-state index contributed by atoms with van der Waals surface area (Å²) in [6.45, 7) is 2.29. The lowest BCUT2D eigenvalue weighted by Crippen LogP contribution is -2.55. The van der Waals surface area contributed by atoms with Crippen LogP contribution in [0.15, 0.2) is 73.1 Å². The Balaban J connectivity index is 0.00000370. The van der Waals surface area contributed by atoms with Crippen molar-refractivity contribution in [3.63, 3.8) is 0 Å². The number of benzene rings is 2. The molecule has 2 amide bonds. The molecular formula is C27H25ClF3N7O2. The van der Waals surface area contributed by atoms with Crippen molar-refractivity contribution < 1.29 is 22.8 Å². The van der Waals surface area contributed by atoms with Crippen LogP contribution in [0.5, 0.6) is 0 Å². The normalized spacial score (nSPS) is 16.7. The van der Waals surface area contributed by atoms with Gasteiger partial charge in [-0.25, -0.2) is 14.6 Å². The molecule has 0 bridgehead atoms. The van der Waals surface area contributed by atoms with Crippen LogP contribution < -0.4 is 16.0 Å². The van der Waals surface area contributed by atoms with Gasteiger partial charge in [-0.05, 0) is 36.2 Å². The summed E-state index contributed by atoms with van der Waals surface area (Å²) in [6.07, 6.45) is -2.27. The summed E-state index contributed by atoms with van der Waals surface area (Å²) in [5.74, 6) is -2.33. The van der Waals surface area contributed by atoms with Gasteiger partial charge in [0.2, 0.25) is 5.82 Å². The van der Waals surface area contributed by atoms with Gasteiger partial charge in [-0.2, -0.15) is 18.3 Å². The lowest BCUT2D eigenvalue weighted by Gasteiger charge is -2.38. The molecule has 2 aromatic heterocycles. The maximum Gasteiger partial charge on any atom is 0.433 e. The first-order valence-corrected chi connectivity index (χ1v) is 12.2. The van der Waals surface area contributed by atoms with Crippen LogP contribution in [0.3, 0.4) is 0 Å².